The number of rotatable bonds is 4. The monoisotopic (exact) mass is 398 g/mol. The molecule has 0 radical (unpaired) electrons. The van der Waals surface area contributed by atoms with Crippen LogP contribution in [0.1, 0.15) is 12.8 Å². The smallest absolute Gasteiger partial charge is 0.228 e. The summed E-state index contributed by atoms with van der Waals surface area (Å²) in [5.74, 6) is 0.141. The fourth-order valence-electron chi connectivity index (χ4n) is 3.57. The van der Waals surface area contributed by atoms with Crippen LogP contribution in [0.4, 0.5) is 5.69 Å². The zero-order valence-electron chi connectivity index (χ0n) is 15.6. The number of para-hydroxylation sites is 3. The average Bonchev–Trinajstić information content (AvgIpc) is 3.12. The van der Waals surface area contributed by atoms with Crippen molar-refractivity contribution in [3.05, 3.63) is 48.5 Å². The average molecular weight is 398 g/mol. The second-order valence-corrected chi connectivity index (χ2v) is 9.08. The van der Waals surface area contributed by atoms with E-state index < -0.39 is 10.0 Å². The van der Waals surface area contributed by atoms with Gasteiger partial charge in [-0.05, 0) is 37.1 Å². The normalized spacial score (nSPS) is 18.2. The molecule has 2 N–H and O–H groups in total. The van der Waals surface area contributed by atoms with Crippen molar-refractivity contribution in [3.63, 3.8) is 0 Å². The van der Waals surface area contributed by atoms with Gasteiger partial charge >= 0.3 is 0 Å². The fourth-order valence-corrected chi connectivity index (χ4v) is 4.48. The van der Waals surface area contributed by atoms with E-state index in [0.717, 1.165) is 16.6 Å². The van der Waals surface area contributed by atoms with Crippen molar-refractivity contribution in [1.29, 1.82) is 0 Å². The Hall–Kier alpha value is -2.71. The Morgan fingerprint density at radius 2 is 1.93 bits per heavy atom. The number of imidazole rings is 1. The molecule has 0 bridgehead atoms. The molecule has 1 fully saturated rings. The number of hydrogen-bond donors (Lipinski definition) is 2. The van der Waals surface area contributed by atoms with Gasteiger partial charge in [-0.15, -0.1) is 0 Å². The van der Waals surface area contributed by atoms with Crippen molar-refractivity contribution in [2.45, 2.75) is 12.8 Å². The van der Waals surface area contributed by atoms with E-state index in [1.54, 1.807) is 0 Å². The van der Waals surface area contributed by atoms with Crippen LogP contribution in [0.5, 0.6) is 0 Å². The van der Waals surface area contributed by atoms with Crippen LogP contribution in [0.3, 0.4) is 0 Å². The van der Waals surface area contributed by atoms with Gasteiger partial charge in [-0.3, -0.25) is 4.79 Å². The molecule has 1 saturated heterocycles. The van der Waals surface area contributed by atoms with Gasteiger partial charge in [0.15, 0.2) is 0 Å². The molecule has 146 valence electrons. The van der Waals surface area contributed by atoms with Crippen molar-refractivity contribution >= 4 is 32.7 Å². The lowest BCUT2D eigenvalue weighted by Crippen LogP contribution is -2.43. The Bertz CT molecular complexity index is 1090. The third-order valence-electron chi connectivity index (χ3n) is 5.05. The van der Waals surface area contributed by atoms with E-state index in [4.69, 9.17) is 0 Å². The highest BCUT2D eigenvalue weighted by Crippen LogP contribution is 2.29. The SMILES string of the molecule is CS(=O)(=O)N1CCC[C@@H](C(=O)Nc2ccccc2-c2nc3ccccc3[nH]2)C1. The molecule has 1 aromatic heterocycles. The van der Waals surface area contributed by atoms with Gasteiger partial charge in [0, 0.05) is 18.7 Å². The van der Waals surface area contributed by atoms with Gasteiger partial charge in [-0.25, -0.2) is 17.7 Å². The lowest BCUT2D eigenvalue weighted by Gasteiger charge is -2.30. The van der Waals surface area contributed by atoms with Gasteiger partial charge in [-0.2, -0.15) is 0 Å². The minimum atomic E-state index is -3.29. The maximum Gasteiger partial charge on any atom is 0.228 e. The first-order valence-electron chi connectivity index (χ1n) is 9.22. The summed E-state index contributed by atoms with van der Waals surface area (Å²) < 4.78 is 25.0. The largest absolute Gasteiger partial charge is 0.338 e. The van der Waals surface area contributed by atoms with Gasteiger partial charge in [0.05, 0.1) is 28.9 Å². The second-order valence-electron chi connectivity index (χ2n) is 7.10. The molecule has 1 atom stereocenters. The summed E-state index contributed by atoms with van der Waals surface area (Å²) >= 11 is 0. The molecule has 1 aliphatic rings. The summed E-state index contributed by atoms with van der Waals surface area (Å²) in [5, 5.41) is 2.97. The Morgan fingerprint density at radius 3 is 2.71 bits per heavy atom. The number of carbonyl (C=O) groups is 1. The molecule has 2 heterocycles. The van der Waals surface area contributed by atoms with Crippen molar-refractivity contribution in [2.75, 3.05) is 24.7 Å². The summed E-state index contributed by atoms with van der Waals surface area (Å²) in [6.07, 6.45) is 2.53. The van der Waals surface area contributed by atoms with Crippen molar-refractivity contribution in [1.82, 2.24) is 14.3 Å². The number of fused-ring (bicyclic) bond motifs is 1. The molecule has 1 aliphatic heterocycles. The molecule has 0 aliphatic carbocycles. The molecule has 0 spiro atoms. The zero-order valence-corrected chi connectivity index (χ0v) is 16.4. The summed E-state index contributed by atoms with van der Waals surface area (Å²) in [4.78, 5) is 20.7. The number of H-pyrrole nitrogens is 1. The maximum atomic E-state index is 12.8. The van der Waals surface area contributed by atoms with E-state index in [9.17, 15) is 13.2 Å². The topological polar surface area (TPSA) is 95.2 Å². The number of amides is 1. The minimum absolute atomic E-state index is 0.170. The predicted molar refractivity (Wildman–Crippen MR) is 109 cm³/mol. The first-order valence-corrected chi connectivity index (χ1v) is 11.1. The lowest BCUT2D eigenvalue weighted by molar-refractivity contribution is -0.120. The number of aromatic nitrogens is 2. The highest BCUT2D eigenvalue weighted by molar-refractivity contribution is 7.88. The van der Waals surface area contributed by atoms with Gasteiger partial charge in [0.2, 0.25) is 15.9 Å². The lowest BCUT2D eigenvalue weighted by atomic mass is 9.98. The number of anilines is 1. The number of piperidine rings is 1. The Balaban J connectivity index is 1.58. The minimum Gasteiger partial charge on any atom is -0.338 e. The summed E-state index contributed by atoms with van der Waals surface area (Å²) in [5.41, 5.74) is 3.23. The number of nitrogens with zero attached hydrogens (tertiary/aromatic N) is 2. The van der Waals surface area contributed by atoms with Crippen LogP contribution >= 0.6 is 0 Å². The van der Waals surface area contributed by atoms with E-state index in [2.05, 4.69) is 15.3 Å². The van der Waals surface area contributed by atoms with E-state index in [0.29, 0.717) is 30.9 Å². The standard InChI is InChI=1S/C20H22N4O3S/c1-28(26,27)24-12-6-7-14(13-24)20(25)23-16-9-3-2-8-15(16)19-21-17-10-4-5-11-18(17)22-19/h2-5,8-11,14H,6-7,12-13H2,1H3,(H,21,22)(H,23,25)/t14-/m1/s1. The van der Waals surface area contributed by atoms with Crippen molar-refractivity contribution in [3.8, 4) is 11.4 Å². The first-order chi connectivity index (χ1) is 13.4. The number of carbonyl (C=O) groups excluding carboxylic acids is 1. The van der Waals surface area contributed by atoms with Crippen LogP contribution in [0.15, 0.2) is 48.5 Å². The Kier molecular flexibility index (Phi) is 4.91. The highest BCUT2D eigenvalue weighted by atomic mass is 32.2. The molecule has 1 amide bonds. The fraction of sp³-hybridized carbons (Fsp3) is 0.300. The summed E-state index contributed by atoms with van der Waals surface area (Å²) in [6, 6.07) is 15.2. The highest BCUT2D eigenvalue weighted by Gasteiger charge is 2.30. The van der Waals surface area contributed by atoms with Gasteiger partial charge in [-0.1, -0.05) is 24.3 Å². The van der Waals surface area contributed by atoms with Crippen molar-refractivity contribution < 1.29 is 13.2 Å². The number of hydrogen-bond acceptors (Lipinski definition) is 4. The number of sulfonamides is 1. The summed E-state index contributed by atoms with van der Waals surface area (Å²) in [6.45, 7) is 0.690. The number of nitrogens with one attached hydrogen (secondary N) is 2. The van der Waals surface area contributed by atoms with E-state index in [-0.39, 0.29) is 18.4 Å². The number of aromatic amines is 1. The Labute approximate surface area is 163 Å². The third-order valence-corrected chi connectivity index (χ3v) is 6.32. The molecule has 2 aromatic carbocycles. The molecule has 7 nitrogen and oxygen atoms in total. The van der Waals surface area contributed by atoms with Crippen LogP contribution in [0.25, 0.3) is 22.4 Å². The van der Waals surface area contributed by atoms with Crippen LogP contribution in [-0.2, 0) is 14.8 Å². The van der Waals surface area contributed by atoms with E-state index in [1.165, 1.54) is 10.6 Å². The Morgan fingerprint density at radius 1 is 1.18 bits per heavy atom. The molecule has 3 aromatic rings. The van der Waals surface area contributed by atoms with Crippen LogP contribution in [0.2, 0.25) is 0 Å². The van der Waals surface area contributed by atoms with Gasteiger partial charge < -0.3 is 10.3 Å². The quantitative estimate of drug-likeness (QED) is 0.706. The van der Waals surface area contributed by atoms with Crippen LogP contribution in [0, 0.1) is 5.92 Å². The molecule has 0 saturated carbocycles. The third kappa shape index (κ3) is 3.79. The number of benzene rings is 2. The molecule has 4 rings (SSSR count). The first kappa shape index (κ1) is 18.6. The molecular weight excluding hydrogens is 376 g/mol. The van der Waals surface area contributed by atoms with Gasteiger partial charge in [0.1, 0.15) is 5.82 Å². The molecule has 0 unspecified atom stereocenters. The van der Waals surface area contributed by atoms with Gasteiger partial charge in [0.25, 0.3) is 0 Å². The zero-order chi connectivity index (χ0) is 19.7. The molecule has 8 heteroatoms. The van der Waals surface area contributed by atoms with Crippen LogP contribution in [-0.4, -0.2) is 47.9 Å². The van der Waals surface area contributed by atoms with E-state index >= 15 is 0 Å². The summed E-state index contributed by atoms with van der Waals surface area (Å²) in [7, 11) is -3.29. The predicted octanol–water partition coefficient (Wildman–Crippen LogP) is 2.84. The molecular formula is C20H22N4O3S. The second kappa shape index (κ2) is 7.37. The maximum absolute atomic E-state index is 12.8. The molecule has 28 heavy (non-hydrogen) atoms. The van der Waals surface area contributed by atoms with E-state index in [1.807, 2.05) is 48.5 Å². The van der Waals surface area contributed by atoms with Crippen LogP contribution < -0.4 is 5.32 Å². The van der Waals surface area contributed by atoms with Crippen molar-refractivity contribution in [2.24, 2.45) is 5.92 Å².